The van der Waals surface area contributed by atoms with Crippen molar-refractivity contribution in [2.24, 2.45) is 0 Å². The minimum absolute atomic E-state index is 0.516. The van der Waals surface area contributed by atoms with Crippen LogP contribution in [0, 0.1) is 11.3 Å². The van der Waals surface area contributed by atoms with Crippen LogP contribution in [0.4, 0.5) is 5.69 Å². The first-order valence-electron chi connectivity index (χ1n) is 6.23. The predicted octanol–water partition coefficient (Wildman–Crippen LogP) is 3.92. The third-order valence-corrected chi connectivity index (χ3v) is 4.07. The van der Waals surface area contributed by atoms with E-state index in [0.29, 0.717) is 0 Å². The number of nitrogens with one attached hydrogen (secondary N) is 1. The molecule has 19 heavy (non-hydrogen) atoms. The molecule has 0 radical (unpaired) electrons. The number of benzene rings is 2. The maximum atomic E-state index is 9.58. The zero-order valence-corrected chi connectivity index (χ0v) is 11.9. The molecule has 0 bridgehead atoms. The van der Waals surface area contributed by atoms with E-state index in [0.717, 1.165) is 23.0 Å². The minimum Gasteiger partial charge on any atom is -0.367 e. The fraction of sp³-hybridized carbons (Fsp3) is 0.188. The normalized spacial score (nSPS) is 15.6. The Labute approximate surface area is 121 Å². The summed E-state index contributed by atoms with van der Waals surface area (Å²) in [6, 6.07) is 18.7. The van der Waals surface area contributed by atoms with Gasteiger partial charge in [0, 0.05) is 23.0 Å². The number of hydrogen-bond acceptors (Lipinski definition) is 2. The average Bonchev–Trinajstić information content (AvgIpc) is 2.80. The molecular formula is C16H13BrN2. The third-order valence-electron chi connectivity index (χ3n) is 3.54. The highest BCUT2D eigenvalue weighted by Gasteiger charge is 2.37. The molecule has 0 unspecified atom stereocenters. The molecule has 3 rings (SSSR count). The molecule has 0 aromatic heterocycles. The molecule has 2 aromatic carbocycles. The Hall–Kier alpha value is -1.79. The Morgan fingerprint density at radius 2 is 1.58 bits per heavy atom. The molecule has 1 aliphatic rings. The van der Waals surface area contributed by atoms with E-state index in [1.807, 2.05) is 36.4 Å². The molecule has 0 amide bonds. The lowest BCUT2D eigenvalue weighted by atomic mass is 9.97. The number of nitrogens with zero attached hydrogens (tertiary/aromatic N) is 1. The second kappa shape index (κ2) is 4.71. The number of anilines is 1. The molecule has 1 N–H and O–H groups in total. The van der Waals surface area contributed by atoms with Crippen molar-refractivity contribution in [1.29, 1.82) is 5.26 Å². The lowest BCUT2D eigenvalue weighted by Crippen LogP contribution is -2.37. The molecule has 2 nitrogen and oxygen atoms in total. The van der Waals surface area contributed by atoms with Gasteiger partial charge in [-0.2, -0.15) is 5.26 Å². The SMILES string of the molecule is N#CC1(Nc2ccc(Br)cc2)Cc2ccccc2C1. The smallest absolute Gasteiger partial charge is 0.133 e. The Morgan fingerprint density at radius 1 is 1.00 bits per heavy atom. The Morgan fingerprint density at radius 3 is 2.11 bits per heavy atom. The van der Waals surface area contributed by atoms with Crippen LogP contribution in [-0.4, -0.2) is 5.54 Å². The third kappa shape index (κ3) is 2.36. The van der Waals surface area contributed by atoms with Crippen molar-refractivity contribution in [1.82, 2.24) is 0 Å². The fourth-order valence-corrected chi connectivity index (χ4v) is 2.88. The number of halogens is 1. The number of nitriles is 1. The van der Waals surface area contributed by atoms with Gasteiger partial charge < -0.3 is 5.32 Å². The standard InChI is InChI=1S/C16H13BrN2/c17-14-5-7-15(8-6-14)19-16(11-18)9-12-3-1-2-4-13(12)10-16/h1-8,19H,9-10H2. The van der Waals surface area contributed by atoms with Crippen molar-refractivity contribution in [3.8, 4) is 6.07 Å². The van der Waals surface area contributed by atoms with Crippen LogP contribution in [-0.2, 0) is 12.8 Å². The van der Waals surface area contributed by atoms with Crippen LogP contribution in [0.2, 0.25) is 0 Å². The second-order valence-corrected chi connectivity index (χ2v) is 5.86. The van der Waals surface area contributed by atoms with Crippen molar-refractivity contribution in [2.75, 3.05) is 5.32 Å². The summed E-state index contributed by atoms with van der Waals surface area (Å²) in [5.41, 5.74) is 3.01. The van der Waals surface area contributed by atoms with Crippen molar-refractivity contribution < 1.29 is 0 Å². The van der Waals surface area contributed by atoms with Gasteiger partial charge in [-0.3, -0.25) is 0 Å². The van der Waals surface area contributed by atoms with E-state index in [4.69, 9.17) is 0 Å². The molecule has 0 heterocycles. The van der Waals surface area contributed by atoms with E-state index in [1.165, 1.54) is 11.1 Å². The summed E-state index contributed by atoms with van der Waals surface area (Å²) in [5.74, 6) is 0. The van der Waals surface area contributed by atoms with E-state index >= 15 is 0 Å². The minimum atomic E-state index is -0.516. The van der Waals surface area contributed by atoms with Gasteiger partial charge in [0.25, 0.3) is 0 Å². The van der Waals surface area contributed by atoms with Crippen LogP contribution in [0.1, 0.15) is 11.1 Å². The van der Waals surface area contributed by atoms with E-state index in [9.17, 15) is 5.26 Å². The van der Waals surface area contributed by atoms with Crippen LogP contribution in [0.15, 0.2) is 53.0 Å². The first kappa shape index (κ1) is 12.3. The lowest BCUT2D eigenvalue weighted by Gasteiger charge is -2.23. The zero-order chi connectivity index (χ0) is 13.3. The Kier molecular flexibility index (Phi) is 3.04. The molecule has 94 valence electrons. The molecule has 1 aliphatic carbocycles. The summed E-state index contributed by atoms with van der Waals surface area (Å²) in [7, 11) is 0. The summed E-state index contributed by atoms with van der Waals surface area (Å²) in [5, 5.41) is 13.0. The van der Waals surface area contributed by atoms with E-state index in [2.05, 4.69) is 39.4 Å². The average molecular weight is 313 g/mol. The molecular weight excluding hydrogens is 300 g/mol. The highest BCUT2D eigenvalue weighted by Crippen LogP contribution is 2.32. The fourth-order valence-electron chi connectivity index (χ4n) is 2.62. The highest BCUT2D eigenvalue weighted by atomic mass is 79.9. The maximum absolute atomic E-state index is 9.58. The van der Waals surface area contributed by atoms with Gasteiger partial charge in [0.05, 0.1) is 6.07 Å². The van der Waals surface area contributed by atoms with Gasteiger partial charge in [-0.05, 0) is 35.4 Å². The number of hydrogen-bond donors (Lipinski definition) is 1. The zero-order valence-electron chi connectivity index (χ0n) is 10.4. The monoisotopic (exact) mass is 312 g/mol. The maximum Gasteiger partial charge on any atom is 0.133 e. The summed E-state index contributed by atoms with van der Waals surface area (Å²) >= 11 is 3.42. The summed E-state index contributed by atoms with van der Waals surface area (Å²) in [6.07, 6.45) is 1.52. The molecule has 3 heteroatoms. The molecule has 0 aliphatic heterocycles. The van der Waals surface area contributed by atoms with Crippen molar-refractivity contribution >= 4 is 21.6 Å². The molecule has 0 saturated carbocycles. The number of rotatable bonds is 2. The largest absolute Gasteiger partial charge is 0.367 e. The first-order chi connectivity index (χ1) is 9.21. The van der Waals surface area contributed by atoms with Crippen LogP contribution in [0.25, 0.3) is 0 Å². The molecule has 0 spiro atoms. The molecule has 0 saturated heterocycles. The van der Waals surface area contributed by atoms with Crippen molar-refractivity contribution in [3.63, 3.8) is 0 Å². The van der Waals surface area contributed by atoms with Gasteiger partial charge in [0.15, 0.2) is 0 Å². The summed E-state index contributed by atoms with van der Waals surface area (Å²) < 4.78 is 1.04. The van der Waals surface area contributed by atoms with Gasteiger partial charge in [-0.15, -0.1) is 0 Å². The van der Waals surface area contributed by atoms with Gasteiger partial charge in [-0.1, -0.05) is 40.2 Å². The van der Waals surface area contributed by atoms with Crippen LogP contribution >= 0.6 is 15.9 Å². The summed E-state index contributed by atoms with van der Waals surface area (Å²) in [4.78, 5) is 0. The lowest BCUT2D eigenvalue weighted by molar-refractivity contribution is 0.628. The quantitative estimate of drug-likeness (QED) is 0.912. The Bertz CT molecular complexity index is 616. The van der Waals surface area contributed by atoms with Gasteiger partial charge in [0.2, 0.25) is 0 Å². The second-order valence-electron chi connectivity index (χ2n) is 4.95. The van der Waals surface area contributed by atoms with Gasteiger partial charge in [-0.25, -0.2) is 0 Å². The molecule has 0 atom stereocenters. The van der Waals surface area contributed by atoms with Gasteiger partial charge in [0.1, 0.15) is 5.54 Å². The first-order valence-corrected chi connectivity index (χ1v) is 7.02. The molecule has 0 fully saturated rings. The predicted molar refractivity (Wildman–Crippen MR) is 80.0 cm³/mol. The van der Waals surface area contributed by atoms with E-state index < -0.39 is 5.54 Å². The van der Waals surface area contributed by atoms with E-state index in [1.54, 1.807) is 0 Å². The van der Waals surface area contributed by atoms with Crippen LogP contribution in [0.3, 0.4) is 0 Å². The van der Waals surface area contributed by atoms with Gasteiger partial charge >= 0.3 is 0 Å². The molecule has 2 aromatic rings. The van der Waals surface area contributed by atoms with Crippen molar-refractivity contribution in [2.45, 2.75) is 18.4 Å². The van der Waals surface area contributed by atoms with Crippen LogP contribution < -0.4 is 5.32 Å². The summed E-state index contributed by atoms with van der Waals surface area (Å²) in [6.45, 7) is 0. The van der Waals surface area contributed by atoms with Crippen molar-refractivity contribution in [3.05, 3.63) is 64.1 Å². The van der Waals surface area contributed by atoms with E-state index in [-0.39, 0.29) is 0 Å². The topological polar surface area (TPSA) is 35.8 Å². The highest BCUT2D eigenvalue weighted by molar-refractivity contribution is 9.10. The number of fused-ring (bicyclic) bond motifs is 1. The van der Waals surface area contributed by atoms with Crippen LogP contribution in [0.5, 0.6) is 0 Å². The Balaban J connectivity index is 1.87.